The number of aromatic nitrogens is 1. The van der Waals surface area contributed by atoms with Crippen molar-refractivity contribution >= 4 is 38.4 Å². The summed E-state index contributed by atoms with van der Waals surface area (Å²) < 4.78 is 3.76. The van der Waals surface area contributed by atoms with E-state index in [1.807, 2.05) is 12.1 Å². The summed E-state index contributed by atoms with van der Waals surface area (Å²) in [6.45, 7) is 1.03. The maximum Gasteiger partial charge on any atom is 0.0486 e. The lowest BCUT2D eigenvalue weighted by atomic mass is 9.97. The molecule has 2 aromatic carbocycles. The molecule has 5 rings (SSSR count). The topological polar surface area (TPSA) is 8.17 Å². The minimum absolute atomic E-state index is 0.581. The molecule has 2 bridgehead atoms. The first-order chi connectivity index (χ1) is 12.6. The average molecular weight is 430 g/mol. The predicted octanol–water partition coefficient (Wildman–Crippen LogP) is 5.99. The van der Waals surface area contributed by atoms with Crippen LogP contribution in [0, 0.1) is 0 Å². The van der Waals surface area contributed by atoms with Crippen LogP contribution in [0.15, 0.2) is 46.9 Å². The van der Waals surface area contributed by atoms with Crippen LogP contribution < -0.4 is 0 Å². The van der Waals surface area contributed by atoms with E-state index < -0.39 is 0 Å². The minimum Gasteiger partial charge on any atom is -0.344 e. The second-order valence-corrected chi connectivity index (χ2v) is 9.02. The first kappa shape index (κ1) is 16.9. The second-order valence-electron chi connectivity index (χ2n) is 7.67. The Morgan fingerprint density at radius 1 is 1.12 bits per heavy atom. The van der Waals surface area contributed by atoms with Crippen LogP contribution in [0.5, 0.6) is 0 Å². The van der Waals surface area contributed by atoms with Crippen molar-refractivity contribution < 1.29 is 0 Å². The van der Waals surface area contributed by atoms with Gasteiger partial charge in [-0.3, -0.25) is 4.90 Å². The van der Waals surface area contributed by atoms with E-state index in [4.69, 9.17) is 11.6 Å². The second kappa shape index (κ2) is 6.40. The number of hydrogen-bond donors (Lipinski definition) is 0. The Balaban J connectivity index is 1.59. The highest BCUT2D eigenvalue weighted by atomic mass is 79.9. The molecule has 0 radical (unpaired) electrons. The van der Waals surface area contributed by atoms with E-state index in [0.29, 0.717) is 12.1 Å². The van der Waals surface area contributed by atoms with Crippen molar-refractivity contribution in [3.05, 3.63) is 68.8 Å². The van der Waals surface area contributed by atoms with Gasteiger partial charge in [0.05, 0.1) is 0 Å². The molecule has 0 amide bonds. The highest BCUT2D eigenvalue weighted by Gasteiger charge is 2.40. The van der Waals surface area contributed by atoms with Crippen LogP contribution in [0.1, 0.15) is 35.7 Å². The summed E-state index contributed by atoms with van der Waals surface area (Å²) in [5.41, 5.74) is 5.87. The molecule has 0 saturated carbocycles. The van der Waals surface area contributed by atoms with Gasteiger partial charge in [0.1, 0.15) is 0 Å². The summed E-state index contributed by atoms with van der Waals surface area (Å²) in [5, 5.41) is 2.24. The molecule has 2 unspecified atom stereocenters. The summed E-state index contributed by atoms with van der Waals surface area (Å²) in [6, 6.07) is 16.3. The zero-order valence-electron chi connectivity index (χ0n) is 14.9. The molecule has 2 aliphatic heterocycles. The number of halogens is 2. The molecule has 1 aromatic heterocycles. The number of fused-ring (bicyclic) bond motifs is 6. The van der Waals surface area contributed by atoms with Gasteiger partial charge in [-0.25, -0.2) is 0 Å². The number of likely N-dealkylation sites (N-methyl/N-ethyl adjacent to an activating group) is 1. The average Bonchev–Trinajstić information content (AvgIpc) is 3.04. The van der Waals surface area contributed by atoms with Gasteiger partial charge in [0, 0.05) is 51.1 Å². The molecule has 4 heteroatoms. The van der Waals surface area contributed by atoms with Gasteiger partial charge in [-0.15, -0.1) is 0 Å². The van der Waals surface area contributed by atoms with E-state index in [1.165, 1.54) is 40.2 Å². The molecule has 2 aliphatic rings. The third-order valence-corrected chi connectivity index (χ3v) is 7.06. The van der Waals surface area contributed by atoms with Crippen LogP contribution in [-0.2, 0) is 19.4 Å². The monoisotopic (exact) mass is 428 g/mol. The standard InChI is InChI=1S/C22H22BrClN2/c1-25-17-7-9-20(25)22-18-12-15(23)4-8-19(18)26(21(22)13-17)11-10-14-2-5-16(24)6-3-14/h2-6,8,12,17,20H,7,9-11,13H2,1H3. The van der Waals surface area contributed by atoms with Crippen molar-refractivity contribution in [1.82, 2.24) is 9.47 Å². The van der Waals surface area contributed by atoms with Gasteiger partial charge in [-0.05, 0) is 67.8 Å². The molecular weight excluding hydrogens is 408 g/mol. The molecule has 26 heavy (non-hydrogen) atoms. The highest BCUT2D eigenvalue weighted by Crippen LogP contribution is 2.47. The third-order valence-electron chi connectivity index (χ3n) is 6.32. The molecule has 134 valence electrons. The van der Waals surface area contributed by atoms with Crippen molar-refractivity contribution in [3.8, 4) is 0 Å². The lowest BCUT2D eigenvalue weighted by Crippen LogP contribution is -2.34. The maximum absolute atomic E-state index is 6.04. The summed E-state index contributed by atoms with van der Waals surface area (Å²) in [6.07, 6.45) is 4.82. The van der Waals surface area contributed by atoms with Gasteiger partial charge in [0.25, 0.3) is 0 Å². The van der Waals surface area contributed by atoms with Crippen LogP contribution in [-0.4, -0.2) is 22.6 Å². The Morgan fingerprint density at radius 3 is 2.73 bits per heavy atom. The molecule has 1 saturated heterocycles. The van der Waals surface area contributed by atoms with Crippen molar-refractivity contribution in [2.45, 2.75) is 44.3 Å². The van der Waals surface area contributed by atoms with Gasteiger partial charge >= 0.3 is 0 Å². The fourth-order valence-corrected chi connectivity index (χ4v) is 5.46. The van der Waals surface area contributed by atoms with Gasteiger partial charge < -0.3 is 4.57 Å². The minimum atomic E-state index is 0.581. The molecule has 0 N–H and O–H groups in total. The maximum atomic E-state index is 6.04. The Hall–Kier alpha value is -1.29. The first-order valence-corrected chi connectivity index (χ1v) is 10.6. The third kappa shape index (κ3) is 2.64. The Bertz CT molecular complexity index is 976. The fraction of sp³-hybridized carbons (Fsp3) is 0.364. The van der Waals surface area contributed by atoms with Crippen molar-refractivity contribution in [2.24, 2.45) is 0 Å². The molecule has 2 atom stereocenters. The van der Waals surface area contributed by atoms with Crippen LogP contribution >= 0.6 is 27.5 Å². The van der Waals surface area contributed by atoms with Gasteiger partial charge in [0.15, 0.2) is 0 Å². The molecule has 0 aliphatic carbocycles. The molecule has 0 spiro atoms. The lowest BCUT2D eigenvalue weighted by Gasteiger charge is -2.32. The van der Waals surface area contributed by atoms with Gasteiger partial charge in [-0.2, -0.15) is 0 Å². The first-order valence-electron chi connectivity index (χ1n) is 9.38. The highest BCUT2D eigenvalue weighted by molar-refractivity contribution is 9.10. The summed E-state index contributed by atoms with van der Waals surface area (Å²) in [4.78, 5) is 2.60. The zero-order chi connectivity index (χ0) is 17.8. The molecule has 3 aromatic rings. The lowest BCUT2D eigenvalue weighted by molar-refractivity contribution is 0.222. The Labute approximate surface area is 167 Å². The van der Waals surface area contributed by atoms with E-state index in [-0.39, 0.29) is 0 Å². The Kier molecular flexibility index (Phi) is 4.15. The predicted molar refractivity (Wildman–Crippen MR) is 112 cm³/mol. The number of aryl methyl sites for hydroxylation is 2. The molecule has 3 heterocycles. The van der Waals surface area contributed by atoms with Crippen molar-refractivity contribution in [1.29, 1.82) is 0 Å². The smallest absolute Gasteiger partial charge is 0.0486 e. The van der Waals surface area contributed by atoms with Crippen molar-refractivity contribution in [3.63, 3.8) is 0 Å². The van der Waals surface area contributed by atoms with Crippen LogP contribution in [0.3, 0.4) is 0 Å². The number of hydrogen-bond acceptors (Lipinski definition) is 1. The van der Waals surface area contributed by atoms with Crippen LogP contribution in [0.4, 0.5) is 0 Å². The fourth-order valence-electron chi connectivity index (χ4n) is 4.97. The van der Waals surface area contributed by atoms with E-state index in [0.717, 1.165) is 18.0 Å². The van der Waals surface area contributed by atoms with E-state index >= 15 is 0 Å². The normalized spacial score (nSPS) is 22.1. The van der Waals surface area contributed by atoms with Crippen molar-refractivity contribution in [2.75, 3.05) is 7.05 Å². The largest absolute Gasteiger partial charge is 0.344 e. The summed E-state index contributed by atoms with van der Waals surface area (Å²) in [7, 11) is 2.31. The molecular formula is C22H22BrClN2. The van der Waals surface area contributed by atoms with E-state index in [1.54, 1.807) is 11.3 Å². The Morgan fingerprint density at radius 2 is 1.92 bits per heavy atom. The molecule has 1 fully saturated rings. The number of benzene rings is 2. The molecule has 2 nitrogen and oxygen atoms in total. The van der Waals surface area contributed by atoms with Crippen LogP contribution in [0.25, 0.3) is 10.9 Å². The quantitative estimate of drug-likeness (QED) is 0.496. The number of rotatable bonds is 3. The van der Waals surface area contributed by atoms with Gasteiger partial charge in [-0.1, -0.05) is 39.7 Å². The summed E-state index contributed by atoms with van der Waals surface area (Å²) >= 11 is 9.72. The SMILES string of the molecule is CN1C2CCC1c1c(n(CCc3ccc(Cl)cc3)c3ccc(Br)cc13)C2. The summed E-state index contributed by atoms with van der Waals surface area (Å²) in [5.74, 6) is 0. The van der Waals surface area contributed by atoms with E-state index in [2.05, 4.69) is 62.8 Å². The van der Waals surface area contributed by atoms with E-state index in [9.17, 15) is 0 Å². The van der Waals surface area contributed by atoms with Crippen LogP contribution in [0.2, 0.25) is 5.02 Å². The van der Waals surface area contributed by atoms with Gasteiger partial charge in [0.2, 0.25) is 0 Å². The zero-order valence-corrected chi connectivity index (χ0v) is 17.2. The number of nitrogens with zero attached hydrogens (tertiary/aromatic N) is 2.